The van der Waals surface area contributed by atoms with Gasteiger partial charge in [-0.15, -0.1) is 11.3 Å². The highest BCUT2D eigenvalue weighted by molar-refractivity contribution is 7.22. The first-order chi connectivity index (χ1) is 28.5. The van der Waals surface area contributed by atoms with Crippen molar-refractivity contribution in [2.24, 2.45) is 0 Å². The van der Waals surface area contributed by atoms with Gasteiger partial charge in [-0.2, -0.15) is 0 Å². The van der Waals surface area contributed by atoms with Crippen molar-refractivity contribution in [3.63, 3.8) is 0 Å². The van der Waals surface area contributed by atoms with Gasteiger partial charge in [-0.25, -0.2) is 4.98 Å². The Kier molecular flexibility index (Phi) is 8.02. The smallest absolute Gasteiger partial charge is 0.124 e. The molecule has 1 heterocycles. The van der Waals surface area contributed by atoms with Gasteiger partial charge < -0.3 is 9.80 Å². The van der Waals surface area contributed by atoms with Crippen LogP contribution in [0.4, 0.5) is 34.1 Å². The lowest BCUT2D eigenvalue weighted by atomic mass is 9.79. The number of nitrogens with zero attached hydrogens (tertiary/aromatic N) is 3. The molecule has 0 aliphatic heterocycles. The van der Waals surface area contributed by atoms with E-state index in [1.165, 1.54) is 48.5 Å². The van der Waals surface area contributed by atoms with Crippen molar-refractivity contribution in [1.29, 1.82) is 0 Å². The first-order valence-electron chi connectivity index (χ1n) is 19.9. The third-order valence-electron chi connectivity index (χ3n) is 11.8. The largest absolute Gasteiger partial charge is 0.310 e. The molecule has 0 atom stereocenters. The molecule has 0 radical (unpaired) electrons. The van der Waals surface area contributed by atoms with Crippen LogP contribution in [-0.2, 0) is 5.41 Å². The van der Waals surface area contributed by atoms with E-state index in [4.69, 9.17) is 4.98 Å². The molecule has 0 saturated carbocycles. The molecular weight excluding hydrogens is 723 g/mol. The fourth-order valence-electron chi connectivity index (χ4n) is 9.12. The van der Waals surface area contributed by atoms with Gasteiger partial charge in [-0.05, 0) is 112 Å². The molecular formula is C54H39N3S. The summed E-state index contributed by atoms with van der Waals surface area (Å²) in [5.41, 5.74) is 13.8. The van der Waals surface area contributed by atoms with E-state index in [1.54, 1.807) is 11.3 Å². The summed E-state index contributed by atoms with van der Waals surface area (Å²) in [5.74, 6) is 0. The lowest BCUT2D eigenvalue weighted by molar-refractivity contribution is 0.667. The van der Waals surface area contributed by atoms with Crippen LogP contribution in [0.1, 0.15) is 25.0 Å². The average Bonchev–Trinajstić information content (AvgIpc) is 3.82. The summed E-state index contributed by atoms with van der Waals surface area (Å²) in [6, 6.07) is 72.4. The zero-order chi connectivity index (χ0) is 38.8. The monoisotopic (exact) mass is 761 g/mol. The summed E-state index contributed by atoms with van der Waals surface area (Å²) in [5, 5.41) is 6.05. The fraction of sp³-hybridized carbons (Fsp3) is 0.0556. The summed E-state index contributed by atoms with van der Waals surface area (Å²) in [4.78, 5) is 10.0. The Balaban J connectivity index is 1.22. The normalized spacial score (nSPS) is 12.8. The molecule has 58 heavy (non-hydrogen) atoms. The van der Waals surface area contributed by atoms with E-state index in [0.29, 0.717) is 0 Å². The topological polar surface area (TPSA) is 19.4 Å². The van der Waals surface area contributed by atoms with Gasteiger partial charge in [-0.3, -0.25) is 0 Å². The van der Waals surface area contributed by atoms with Gasteiger partial charge in [0.05, 0.1) is 15.9 Å². The van der Waals surface area contributed by atoms with Gasteiger partial charge in [0.15, 0.2) is 0 Å². The predicted molar refractivity (Wildman–Crippen MR) is 247 cm³/mol. The second-order valence-corrected chi connectivity index (χ2v) is 16.6. The highest BCUT2D eigenvalue weighted by Crippen LogP contribution is 2.58. The number of hydrogen-bond donors (Lipinski definition) is 0. The van der Waals surface area contributed by atoms with E-state index in [-0.39, 0.29) is 5.41 Å². The van der Waals surface area contributed by atoms with E-state index < -0.39 is 0 Å². The number of thiazole rings is 1. The number of fused-ring (bicyclic) bond motifs is 8. The number of rotatable bonds is 7. The van der Waals surface area contributed by atoms with Crippen molar-refractivity contribution in [1.82, 2.24) is 4.98 Å². The van der Waals surface area contributed by atoms with E-state index in [2.05, 4.69) is 224 Å². The summed E-state index contributed by atoms with van der Waals surface area (Å²) in [6.45, 7) is 4.82. The van der Waals surface area contributed by atoms with Crippen molar-refractivity contribution in [2.45, 2.75) is 19.3 Å². The van der Waals surface area contributed by atoms with Crippen molar-refractivity contribution in [3.8, 4) is 21.7 Å². The average molecular weight is 762 g/mol. The lowest BCUT2D eigenvalue weighted by Gasteiger charge is -2.31. The molecule has 11 rings (SSSR count). The van der Waals surface area contributed by atoms with Crippen LogP contribution < -0.4 is 9.80 Å². The predicted octanol–water partition coefficient (Wildman–Crippen LogP) is 15.5. The van der Waals surface area contributed by atoms with E-state index >= 15 is 0 Å². The van der Waals surface area contributed by atoms with Crippen molar-refractivity contribution in [3.05, 3.63) is 211 Å². The Morgan fingerprint density at radius 2 is 1.00 bits per heavy atom. The molecule has 3 nitrogen and oxygen atoms in total. The zero-order valence-corrected chi connectivity index (χ0v) is 33.1. The van der Waals surface area contributed by atoms with Gasteiger partial charge in [0, 0.05) is 50.4 Å². The molecule has 0 bridgehead atoms. The first kappa shape index (κ1) is 34.3. The maximum absolute atomic E-state index is 5.22. The first-order valence-corrected chi connectivity index (χ1v) is 20.7. The molecule has 4 heteroatoms. The van der Waals surface area contributed by atoms with Gasteiger partial charge in [-0.1, -0.05) is 135 Å². The molecule has 10 aromatic rings. The molecule has 0 fully saturated rings. The quantitative estimate of drug-likeness (QED) is 0.161. The van der Waals surface area contributed by atoms with Crippen LogP contribution in [0.25, 0.3) is 53.5 Å². The number of benzene rings is 9. The van der Waals surface area contributed by atoms with Crippen LogP contribution in [0.5, 0.6) is 0 Å². The SMILES string of the molecule is CC1(C)c2cc3ccccc3cc2-c2c(N(c3ccccc3)c3cccc(N(c4ccccc4)c4ccccc4)c3)cc3c(ccc4nc(-c5ccccc5)sc43)c21. The molecule has 0 amide bonds. The van der Waals surface area contributed by atoms with Crippen molar-refractivity contribution < 1.29 is 0 Å². The highest BCUT2D eigenvalue weighted by atomic mass is 32.1. The minimum Gasteiger partial charge on any atom is -0.310 e. The third-order valence-corrected chi connectivity index (χ3v) is 12.9. The van der Waals surface area contributed by atoms with Crippen LogP contribution in [0.3, 0.4) is 0 Å². The van der Waals surface area contributed by atoms with Gasteiger partial charge in [0.2, 0.25) is 0 Å². The number of para-hydroxylation sites is 3. The second kappa shape index (κ2) is 13.6. The van der Waals surface area contributed by atoms with Crippen LogP contribution in [0, 0.1) is 0 Å². The van der Waals surface area contributed by atoms with Gasteiger partial charge >= 0.3 is 0 Å². The Bertz CT molecular complexity index is 3100. The highest BCUT2D eigenvalue weighted by Gasteiger charge is 2.40. The summed E-state index contributed by atoms with van der Waals surface area (Å²) in [6.07, 6.45) is 0. The Labute approximate surface area is 342 Å². The second-order valence-electron chi connectivity index (χ2n) is 15.6. The molecule has 0 saturated heterocycles. The maximum Gasteiger partial charge on any atom is 0.124 e. The minimum absolute atomic E-state index is 0.273. The fourth-order valence-corrected chi connectivity index (χ4v) is 10.2. The molecule has 0 spiro atoms. The molecule has 276 valence electrons. The Morgan fingerprint density at radius 3 is 1.64 bits per heavy atom. The molecule has 0 N–H and O–H groups in total. The maximum atomic E-state index is 5.22. The zero-order valence-electron chi connectivity index (χ0n) is 32.3. The molecule has 9 aromatic carbocycles. The third kappa shape index (κ3) is 5.52. The number of hydrogen-bond acceptors (Lipinski definition) is 4. The van der Waals surface area contributed by atoms with Gasteiger partial charge in [0.1, 0.15) is 5.01 Å². The van der Waals surface area contributed by atoms with Crippen molar-refractivity contribution >= 4 is 77.2 Å². The Morgan fingerprint density at radius 1 is 0.466 bits per heavy atom. The number of aromatic nitrogens is 1. The van der Waals surface area contributed by atoms with Crippen molar-refractivity contribution in [2.75, 3.05) is 9.80 Å². The van der Waals surface area contributed by atoms with Crippen LogP contribution >= 0.6 is 11.3 Å². The summed E-state index contributed by atoms with van der Waals surface area (Å²) < 4.78 is 1.21. The summed E-state index contributed by atoms with van der Waals surface area (Å²) >= 11 is 1.79. The van der Waals surface area contributed by atoms with Crippen LogP contribution in [-0.4, -0.2) is 4.98 Å². The Hall–Kier alpha value is -7.01. The van der Waals surface area contributed by atoms with Crippen LogP contribution in [0.2, 0.25) is 0 Å². The lowest BCUT2D eigenvalue weighted by Crippen LogP contribution is -2.17. The standard InChI is InChI=1S/C54H39N3S/c1-54(2)47-33-38-21-16-15-20-37(38)32-46(47)50-49(35-45-44(51(50)54)30-31-48-52(45)58-53(55-48)36-18-7-3-8-19-36)57(41-26-13-6-14-27-41)43-29-17-28-42(34-43)56(39-22-9-4-10-23-39)40-24-11-5-12-25-40/h3-35H,1-2H3. The molecule has 1 aromatic heterocycles. The molecule has 1 aliphatic carbocycles. The number of anilines is 6. The van der Waals surface area contributed by atoms with E-state index in [0.717, 1.165) is 50.2 Å². The minimum atomic E-state index is -0.273. The molecule has 1 aliphatic rings. The van der Waals surface area contributed by atoms with E-state index in [9.17, 15) is 0 Å². The summed E-state index contributed by atoms with van der Waals surface area (Å²) in [7, 11) is 0. The van der Waals surface area contributed by atoms with E-state index in [1.807, 2.05) is 0 Å². The molecule has 0 unspecified atom stereocenters. The van der Waals surface area contributed by atoms with Gasteiger partial charge in [0.25, 0.3) is 0 Å². The van der Waals surface area contributed by atoms with Crippen LogP contribution in [0.15, 0.2) is 200 Å².